The first-order chi connectivity index (χ1) is 11.2. The van der Waals surface area contributed by atoms with Crippen molar-refractivity contribution in [3.63, 3.8) is 0 Å². The van der Waals surface area contributed by atoms with Crippen molar-refractivity contribution < 1.29 is 14.3 Å². The molecule has 0 bridgehead atoms. The molecule has 1 saturated heterocycles. The molecule has 3 heterocycles. The van der Waals surface area contributed by atoms with Crippen LogP contribution in [0.3, 0.4) is 0 Å². The second kappa shape index (κ2) is 6.82. The smallest absolute Gasteiger partial charge is 0.409 e. The molecule has 0 radical (unpaired) electrons. The number of carbonyl (C=O) groups is 2. The maximum Gasteiger partial charge on any atom is 0.409 e. The Bertz CT molecular complexity index is 675. The Labute approximate surface area is 138 Å². The molecule has 122 valence electrons. The average molecular weight is 334 g/mol. The van der Waals surface area contributed by atoms with Gasteiger partial charge in [-0.15, -0.1) is 11.3 Å². The monoisotopic (exact) mass is 334 g/mol. The molecule has 0 N–H and O–H groups in total. The first-order valence-electron chi connectivity index (χ1n) is 7.49. The molecule has 3 rings (SSSR count). The van der Waals surface area contributed by atoms with Gasteiger partial charge in [0.25, 0.3) is 5.91 Å². The number of thiazole rings is 1. The summed E-state index contributed by atoms with van der Waals surface area (Å²) >= 11 is 1.43. The molecule has 0 unspecified atom stereocenters. The Morgan fingerprint density at radius 3 is 2.48 bits per heavy atom. The van der Waals surface area contributed by atoms with Crippen molar-refractivity contribution in [1.29, 1.82) is 0 Å². The first-order valence-corrected chi connectivity index (χ1v) is 8.37. The lowest BCUT2D eigenvalue weighted by Crippen LogP contribution is -2.50. The minimum atomic E-state index is -0.317. The topological polar surface area (TPSA) is 67.7 Å². The maximum absolute atomic E-state index is 12.5. The third-order valence-electron chi connectivity index (χ3n) is 3.63. The zero-order chi connectivity index (χ0) is 16.2. The molecule has 0 saturated carbocycles. The highest BCUT2D eigenvalue weighted by molar-refractivity contribution is 7.12. The minimum Gasteiger partial charge on any atom is -0.450 e. The normalized spacial score (nSPS) is 14.8. The number of nitrogens with zero attached hydrogens (tertiary/aromatic N) is 4. The molecule has 0 atom stereocenters. The summed E-state index contributed by atoms with van der Waals surface area (Å²) in [5, 5.41) is 2.54. The van der Waals surface area contributed by atoms with Crippen LogP contribution in [0.25, 0.3) is 5.13 Å². The minimum absolute atomic E-state index is 0.0943. The maximum atomic E-state index is 12.5. The van der Waals surface area contributed by atoms with E-state index in [9.17, 15) is 9.59 Å². The van der Waals surface area contributed by atoms with Crippen molar-refractivity contribution in [3.05, 3.63) is 35.6 Å². The predicted molar refractivity (Wildman–Crippen MR) is 85.9 cm³/mol. The molecule has 1 aliphatic heterocycles. The lowest BCUT2D eigenvalue weighted by Gasteiger charge is -2.33. The fraction of sp³-hybridized carbons (Fsp3) is 0.400. The molecule has 2 aromatic heterocycles. The summed E-state index contributed by atoms with van der Waals surface area (Å²) < 4.78 is 6.85. The summed E-state index contributed by atoms with van der Waals surface area (Å²) in [7, 11) is 0. The van der Waals surface area contributed by atoms with Gasteiger partial charge in [-0.3, -0.25) is 4.79 Å². The van der Waals surface area contributed by atoms with Crippen molar-refractivity contribution in [2.24, 2.45) is 0 Å². The van der Waals surface area contributed by atoms with Gasteiger partial charge in [-0.25, -0.2) is 9.78 Å². The summed E-state index contributed by atoms with van der Waals surface area (Å²) in [6.07, 6.45) is 3.47. The van der Waals surface area contributed by atoms with Crippen LogP contribution >= 0.6 is 11.3 Å². The van der Waals surface area contributed by atoms with Crippen LogP contribution < -0.4 is 0 Å². The van der Waals surface area contributed by atoms with E-state index in [1.807, 2.05) is 29.1 Å². The molecule has 0 spiro atoms. The predicted octanol–water partition coefficient (Wildman–Crippen LogP) is 1.85. The Kier molecular flexibility index (Phi) is 4.61. The zero-order valence-corrected chi connectivity index (χ0v) is 13.7. The van der Waals surface area contributed by atoms with E-state index >= 15 is 0 Å². The number of ether oxygens (including phenoxy) is 1. The summed E-state index contributed by atoms with van der Waals surface area (Å²) in [5.74, 6) is -0.0943. The van der Waals surface area contributed by atoms with E-state index in [0.717, 1.165) is 5.13 Å². The highest BCUT2D eigenvalue weighted by Crippen LogP contribution is 2.17. The van der Waals surface area contributed by atoms with Gasteiger partial charge in [0.05, 0.1) is 6.61 Å². The van der Waals surface area contributed by atoms with Crippen LogP contribution in [0.4, 0.5) is 4.79 Å². The quantitative estimate of drug-likeness (QED) is 0.859. The third kappa shape index (κ3) is 3.37. The van der Waals surface area contributed by atoms with E-state index in [2.05, 4.69) is 4.98 Å². The molecular weight excluding hydrogens is 316 g/mol. The van der Waals surface area contributed by atoms with Gasteiger partial charge in [0.2, 0.25) is 0 Å². The number of rotatable bonds is 3. The van der Waals surface area contributed by atoms with Crippen molar-refractivity contribution in [2.75, 3.05) is 32.8 Å². The van der Waals surface area contributed by atoms with Crippen LogP contribution in [0, 0.1) is 0 Å². The summed E-state index contributed by atoms with van der Waals surface area (Å²) in [5.41, 5.74) is 0.447. The molecule has 1 fully saturated rings. The van der Waals surface area contributed by atoms with Crippen LogP contribution in [-0.2, 0) is 4.74 Å². The van der Waals surface area contributed by atoms with Crippen LogP contribution in [0.2, 0.25) is 0 Å². The largest absolute Gasteiger partial charge is 0.450 e. The number of amides is 2. The van der Waals surface area contributed by atoms with Crippen molar-refractivity contribution >= 4 is 23.3 Å². The molecule has 0 aromatic carbocycles. The molecule has 2 aromatic rings. The molecular formula is C15H18N4O3S. The lowest BCUT2D eigenvalue weighted by atomic mass is 10.3. The molecule has 1 aliphatic rings. The number of hydrogen-bond acceptors (Lipinski definition) is 5. The van der Waals surface area contributed by atoms with Crippen LogP contribution in [0.5, 0.6) is 0 Å². The second-order valence-electron chi connectivity index (χ2n) is 5.08. The highest BCUT2D eigenvalue weighted by atomic mass is 32.1. The van der Waals surface area contributed by atoms with Crippen LogP contribution in [-0.4, -0.2) is 64.1 Å². The molecule has 0 aliphatic carbocycles. The van der Waals surface area contributed by atoms with Gasteiger partial charge >= 0.3 is 6.09 Å². The van der Waals surface area contributed by atoms with Crippen molar-refractivity contribution in [2.45, 2.75) is 6.92 Å². The van der Waals surface area contributed by atoms with E-state index in [0.29, 0.717) is 38.5 Å². The van der Waals surface area contributed by atoms with Gasteiger partial charge in [-0.05, 0) is 19.1 Å². The van der Waals surface area contributed by atoms with E-state index in [1.165, 1.54) is 11.3 Å². The fourth-order valence-corrected chi connectivity index (χ4v) is 3.18. The number of carbonyl (C=O) groups excluding carboxylic acids is 2. The average Bonchev–Trinajstić information content (AvgIpc) is 3.25. The second-order valence-corrected chi connectivity index (χ2v) is 5.92. The lowest BCUT2D eigenvalue weighted by molar-refractivity contribution is 0.0566. The third-order valence-corrected chi connectivity index (χ3v) is 4.48. The van der Waals surface area contributed by atoms with Crippen LogP contribution in [0.1, 0.15) is 17.4 Å². The van der Waals surface area contributed by atoms with Crippen LogP contribution in [0.15, 0.2) is 29.9 Å². The standard InChI is InChI=1S/C15H18N4O3S/c1-2-22-15(21)19-9-7-17(8-10-19)13(20)12-11-23-14(16-12)18-5-3-4-6-18/h3-6,11H,2,7-10H2,1H3. The summed E-state index contributed by atoms with van der Waals surface area (Å²) in [6.45, 7) is 4.10. The molecule has 2 amide bonds. The Hall–Kier alpha value is -2.35. The SMILES string of the molecule is CCOC(=O)N1CCN(C(=O)c2csc(-n3cccc3)n2)CC1. The van der Waals surface area contributed by atoms with Gasteiger partial charge in [0.1, 0.15) is 5.69 Å². The van der Waals surface area contributed by atoms with Gasteiger partial charge in [-0.1, -0.05) is 0 Å². The molecule has 8 heteroatoms. The van der Waals surface area contributed by atoms with Crippen molar-refractivity contribution in [3.8, 4) is 5.13 Å². The molecule has 7 nitrogen and oxygen atoms in total. The number of piperazine rings is 1. The van der Waals surface area contributed by atoms with E-state index in [1.54, 1.807) is 22.1 Å². The summed E-state index contributed by atoms with van der Waals surface area (Å²) in [4.78, 5) is 31.9. The van der Waals surface area contributed by atoms with E-state index in [4.69, 9.17) is 4.74 Å². The van der Waals surface area contributed by atoms with Gasteiger partial charge in [-0.2, -0.15) is 0 Å². The van der Waals surface area contributed by atoms with Gasteiger partial charge in [0, 0.05) is 44.0 Å². The van der Waals surface area contributed by atoms with E-state index < -0.39 is 0 Å². The van der Waals surface area contributed by atoms with Gasteiger partial charge in [0.15, 0.2) is 5.13 Å². The molecule has 23 heavy (non-hydrogen) atoms. The Morgan fingerprint density at radius 1 is 1.17 bits per heavy atom. The highest BCUT2D eigenvalue weighted by Gasteiger charge is 2.26. The fourth-order valence-electron chi connectivity index (χ4n) is 2.41. The first kappa shape index (κ1) is 15.5. The van der Waals surface area contributed by atoms with Crippen molar-refractivity contribution in [1.82, 2.24) is 19.4 Å². The Balaban J connectivity index is 1.60. The number of aromatic nitrogens is 2. The number of hydrogen-bond donors (Lipinski definition) is 0. The van der Waals surface area contributed by atoms with Gasteiger partial charge < -0.3 is 19.1 Å². The summed E-state index contributed by atoms with van der Waals surface area (Å²) in [6, 6.07) is 3.83. The Morgan fingerprint density at radius 2 is 1.83 bits per heavy atom. The van der Waals surface area contributed by atoms with E-state index in [-0.39, 0.29) is 12.0 Å². The zero-order valence-electron chi connectivity index (χ0n) is 12.8.